The van der Waals surface area contributed by atoms with Crippen LogP contribution in [0.25, 0.3) is 0 Å². The van der Waals surface area contributed by atoms with Crippen LogP contribution in [0.4, 0.5) is 13.2 Å². The lowest BCUT2D eigenvalue weighted by atomic mass is 9.86. The van der Waals surface area contributed by atoms with Crippen LogP contribution in [-0.4, -0.2) is 6.18 Å². The van der Waals surface area contributed by atoms with Crippen LogP contribution in [0.1, 0.15) is 33.6 Å². The van der Waals surface area contributed by atoms with Crippen LogP contribution in [0.5, 0.6) is 0 Å². The first kappa shape index (κ1) is 11.3. The van der Waals surface area contributed by atoms with Crippen molar-refractivity contribution in [1.29, 1.82) is 0 Å². The number of alkyl halides is 3. The predicted octanol–water partition coefficient (Wildman–Crippen LogP) is 4.24. The maximum Gasteiger partial charge on any atom is 0.416 e. The largest absolute Gasteiger partial charge is 0.416 e. The minimum absolute atomic E-state index is 0.0176. The highest BCUT2D eigenvalue weighted by Crippen LogP contribution is 2.38. The monoisotopic (exact) mass is 204 g/mol. The summed E-state index contributed by atoms with van der Waals surface area (Å²) in [4.78, 5) is 0. The zero-order chi connectivity index (χ0) is 10.9. The van der Waals surface area contributed by atoms with Gasteiger partial charge in [-0.1, -0.05) is 31.1 Å². The molecule has 1 aliphatic carbocycles. The van der Waals surface area contributed by atoms with Crippen LogP contribution in [-0.2, 0) is 0 Å². The van der Waals surface area contributed by atoms with Crippen molar-refractivity contribution in [2.75, 3.05) is 0 Å². The third kappa shape index (κ3) is 2.40. The summed E-state index contributed by atoms with van der Waals surface area (Å²) in [5.41, 5.74) is 0.945. The minimum atomic E-state index is -4.19. The van der Waals surface area contributed by atoms with Gasteiger partial charge in [0, 0.05) is 0 Å². The fourth-order valence-corrected chi connectivity index (χ4v) is 1.74. The van der Waals surface area contributed by atoms with Gasteiger partial charge in [0.2, 0.25) is 0 Å². The zero-order valence-corrected chi connectivity index (χ0v) is 8.70. The highest BCUT2D eigenvalue weighted by atomic mass is 19.4. The lowest BCUT2D eigenvalue weighted by Gasteiger charge is -2.23. The average molecular weight is 204 g/mol. The Hall–Kier alpha value is -0.730. The topological polar surface area (TPSA) is 0 Å². The first-order valence-electron chi connectivity index (χ1n) is 4.79. The number of hydrogen-bond donors (Lipinski definition) is 0. The van der Waals surface area contributed by atoms with Crippen molar-refractivity contribution in [3.63, 3.8) is 0 Å². The van der Waals surface area contributed by atoms with Gasteiger partial charge in [-0.05, 0) is 25.7 Å². The van der Waals surface area contributed by atoms with Crippen LogP contribution in [0, 0.1) is 5.92 Å². The Bertz CT molecular complexity index is 279. The molecule has 0 radical (unpaired) electrons. The average Bonchev–Trinajstić information content (AvgIpc) is 2.01. The number of rotatable bonds is 1. The quantitative estimate of drug-likeness (QED) is 0.599. The molecule has 0 saturated carbocycles. The molecule has 0 fully saturated rings. The number of hydrogen-bond acceptors (Lipinski definition) is 0. The lowest BCUT2D eigenvalue weighted by Crippen LogP contribution is -2.17. The van der Waals surface area contributed by atoms with E-state index in [0.717, 1.165) is 12.0 Å². The van der Waals surface area contributed by atoms with Gasteiger partial charge in [0.25, 0.3) is 0 Å². The Balaban J connectivity index is 3.15. The van der Waals surface area contributed by atoms with E-state index in [1.807, 2.05) is 13.8 Å². The van der Waals surface area contributed by atoms with Crippen molar-refractivity contribution in [1.82, 2.24) is 0 Å². The minimum Gasteiger partial charge on any atom is -0.166 e. The molecular weight excluding hydrogens is 189 g/mol. The Labute approximate surface area is 82.5 Å². The van der Waals surface area contributed by atoms with Crippen molar-refractivity contribution < 1.29 is 13.2 Å². The molecule has 0 aromatic carbocycles. The molecule has 0 N–H and O–H groups in total. The van der Waals surface area contributed by atoms with E-state index in [4.69, 9.17) is 0 Å². The first-order valence-corrected chi connectivity index (χ1v) is 4.79. The molecule has 80 valence electrons. The molecule has 0 spiro atoms. The van der Waals surface area contributed by atoms with Gasteiger partial charge in [-0.3, -0.25) is 0 Å². The molecule has 14 heavy (non-hydrogen) atoms. The van der Waals surface area contributed by atoms with Gasteiger partial charge in [-0.15, -0.1) is 0 Å². The van der Waals surface area contributed by atoms with E-state index in [9.17, 15) is 13.2 Å². The highest BCUT2D eigenvalue weighted by molar-refractivity contribution is 5.37. The highest BCUT2D eigenvalue weighted by Gasteiger charge is 2.36. The Morgan fingerprint density at radius 3 is 2.21 bits per heavy atom. The first-order chi connectivity index (χ1) is 6.32. The van der Waals surface area contributed by atoms with E-state index in [1.165, 1.54) is 6.08 Å². The standard InChI is InChI=1S/C11H15F3/c1-7(2)9-5-4-8(3)6-10(9)11(12,13)14/h6-7H,4-5H2,1-3H3. The summed E-state index contributed by atoms with van der Waals surface area (Å²) in [5, 5.41) is 0. The molecule has 1 aliphatic rings. The predicted molar refractivity (Wildman–Crippen MR) is 50.9 cm³/mol. The smallest absolute Gasteiger partial charge is 0.166 e. The second-order valence-corrected chi connectivity index (χ2v) is 4.08. The van der Waals surface area contributed by atoms with Gasteiger partial charge in [0.15, 0.2) is 0 Å². The van der Waals surface area contributed by atoms with Gasteiger partial charge in [0.05, 0.1) is 5.57 Å². The summed E-state index contributed by atoms with van der Waals surface area (Å²) in [6, 6.07) is 0. The molecular formula is C11H15F3. The van der Waals surface area contributed by atoms with Crippen LogP contribution < -0.4 is 0 Å². The Morgan fingerprint density at radius 1 is 1.21 bits per heavy atom. The van der Waals surface area contributed by atoms with E-state index in [-0.39, 0.29) is 5.92 Å². The molecule has 0 bridgehead atoms. The summed E-state index contributed by atoms with van der Waals surface area (Å²) < 4.78 is 37.9. The van der Waals surface area contributed by atoms with Crippen LogP contribution in [0.3, 0.4) is 0 Å². The summed E-state index contributed by atoms with van der Waals surface area (Å²) in [6.07, 6.45) is -1.60. The molecule has 0 aromatic heterocycles. The Kier molecular flexibility index (Phi) is 3.07. The fourth-order valence-electron chi connectivity index (χ4n) is 1.74. The second-order valence-electron chi connectivity index (χ2n) is 4.08. The van der Waals surface area contributed by atoms with E-state index < -0.39 is 11.7 Å². The van der Waals surface area contributed by atoms with Gasteiger partial charge in [0.1, 0.15) is 0 Å². The van der Waals surface area contributed by atoms with Crippen LogP contribution in [0.15, 0.2) is 22.8 Å². The van der Waals surface area contributed by atoms with E-state index >= 15 is 0 Å². The summed E-state index contributed by atoms with van der Waals surface area (Å²) in [6.45, 7) is 5.38. The molecule has 0 nitrogen and oxygen atoms in total. The van der Waals surface area contributed by atoms with E-state index in [1.54, 1.807) is 6.92 Å². The van der Waals surface area contributed by atoms with Crippen molar-refractivity contribution in [2.45, 2.75) is 39.8 Å². The summed E-state index contributed by atoms with van der Waals surface area (Å²) in [7, 11) is 0. The van der Waals surface area contributed by atoms with Crippen molar-refractivity contribution in [3.05, 3.63) is 22.8 Å². The number of allylic oxidation sites excluding steroid dienone is 4. The molecule has 1 rings (SSSR count). The number of halogens is 3. The summed E-state index contributed by atoms with van der Waals surface area (Å²) >= 11 is 0. The molecule has 0 heterocycles. The normalized spacial score (nSPS) is 18.9. The van der Waals surface area contributed by atoms with E-state index in [2.05, 4.69) is 0 Å². The van der Waals surface area contributed by atoms with Crippen molar-refractivity contribution in [2.24, 2.45) is 5.92 Å². The molecule has 0 unspecified atom stereocenters. The Morgan fingerprint density at radius 2 is 1.79 bits per heavy atom. The van der Waals surface area contributed by atoms with Gasteiger partial charge < -0.3 is 0 Å². The maximum atomic E-state index is 12.6. The van der Waals surface area contributed by atoms with Crippen molar-refractivity contribution >= 4 is 0 Å². The maximum absolute atomic E-state index is 12.6. The molecule has 0 aromatic rings. The summed E-state index contributed by atoms with van der Waals surface area (Å²) in [5.74, 6) is -0.0176. The van der Waals surface area contributed by atoms with Crippen LogP contribution >= 0.6 is 0 Å². The second kappa shape index (κ2) is 3.79. The lowest BCUT2D eigenvalue weighted by molar-refractivity contribution is -0.0898. The zero-order valence-electron chi connectivity index (χ0n) is 8.70. The third-order valence-corrected chi connectivity index (χ3v) is 2.53. The molecule has 0 amide bonds. The molecule has 0 atom stereocenters. The van der Waals surface area contributed by atoms with E-state index in [0.29, 0.717) is 12.0 Å². The van der Waals surface area contributed by atoms with Crippen molar-refractivity contribution in [3.8, 4) is 0 Å². The van der Waals surface area contributed by atoms with Gasteiger partial charge in [-0.25, -0.2) is 0 Å². The third-order valence-electron chi connectivity index (χ3n) is 2.53. The molecule has 3 heteroatoms. The molecule has 0 aliphatic heterocycles. The van der Waals surface area contributed by atoms with Crippen LogP contribution in [0.2, 0.25) is 0 Å². The van der Waals surface area contributed by atoms with Gasteiger partial charge in [-0.2, -0.15) is 13.2 Å². The fraction of sp³-hybridized carbons (Fsp3) is 0.636. The van der Waals surface area contributed by atoms with Gasteiger partial charge >= 0.3 is 6.18 Å². The molecule has 0 saturated heterocycles. The SMILES string of the molecule is CC1=CC(C(F)(F)F)=C(C(C)C)CC1.